The second-order valence-corrected chi connectivity index (χ2v) is 7.12. The fourth-order valence-electron chi connectivity index (χ4n) is 2.22. The van der Waals surface area contributed by atoms with Gasteiger partial charge >= 0.3 is 0 Å². The summed E-state index contributed by atoms with van der Waals surface area (Å²) in [5.74, 6) is 1.35. The van der Waals surface area contributed by atoms with Crippen LogP contribution in [0.25, 0.3) is 0 Å². The number of carbonyl (C=O) groups is 2. The monoisotopic (exact) mass is 354 g/mol. The summed E-state index contributed by atoms with van der Waals surface area (Å²) in [7, 11) is 1.72. The Kier molecular flexibility index (Phi) is 6.39. The lowest BCUT2D eigenvalue weighted by atomic mass is 9.96. The molecule has 2 rings (SSSR count). The van der Waals surface area contributed by atoms with Crippen molar-refractivity contribution in [2.45, 2.75) is 27.2 Å². The summed E-state index contributed by atoms with van der Waals surface area (Å²) < 4.78 is 5.75. The fraction of sp³-hybridized carbons (Fsp3) is 0.333. The van der Waals surface area contributed by atoms with E-state index in [2.05, 4.69) is 5.32 Å². The Morgan fingerprint density at radius 2 is 1.54 bits per heavy atom. The van der Waals surface area contributed by atoms with Crippen molar-refractivity contribution in [2.75, 3.05) is 18.5 Å². The molecule has 26 heavy (non-hydrogen) atoms. The summed E-state index contributed by atoms with van der Waals surface area (Å²) in [4.78, 5) is 25.7. The number of benzene rings is 2. The molecule has 2 aromatic rings. The van der Waals surface area contributed by atoms with Crippen molar-refractivity contribution in [2.24, 2.45) is 5.41 Å². The summed E-state index contributed by atoms with van der Waals surface area (Å²) >= 11 is 0. The van der Waals surface area contributed by atoms with Gasteiger partial charge in [-0.1, -0.05) is 39.0 Å². The maximum atomic E-state index is 12.3. The van der Waals surface area contributed by atoms with Crippen molar-refractivity contribution in [3.05, 3.63) is 54.6 Å². The SMILES string of the molecule is CN(C(=O)CCNC(=O)C(C)(C)C)c1ccc(Oc2ccccc2)cc1. The van der Waals surface area contributed by atoms with Gasteiger partial charge in [0.1, 0.15) is 11.5 Å². The zero-order valence-corrected chi connectivity index (χ0v) is 15.8. The highest BCUT2D eigenvalue weighted by molar-refractivity contribution is 5.93. The number of nitrogens with one attached hydrogen (secondary N) is 1. The molecule has 0 saturated carbocycles. The van der Waals surface area contributed by atoms with Gasteiger partial charge in [0.25, 0.3) is 0 Å². The standard InChI is InChI=1S/C21H26N2O3/c1-21(2,3)20(25)22-15-14-19(24)23(4)16-10-12-18(13-11-16)26-17-8-6-5-7-9-17/h5-13H,14-15H2,1-4H3,(H,22,25). The number of ether oxygens (including phenoxy) is 1. The number of carbonyl (C=O) groups excluding carboxylic acids is 2. The van der Waals surface area contributed by atoms with Gasteiger partial charge in [-0.2, -0.15) is 0 Å². The first-order valence-electron chi connectivity index (χ1n) is 8.65. The van der Waals surface area contributed by atoms with Crippen molar-refractivity contribution in [1.29, 1.82) is 0 Å². The van der Waals surface area contributed by atoms with Gasteiger partial charge in [0.2, 0.25) is 11.8 Å². The van der Waals surface area contributed by atoms with E-state index in [9.17, 15) is 9.59 Å². The smallest absolute Gasteiger partial charge is 0.228 e. The van der Waals surface area contributed by atoms with Crippen LogP contribution in [0, 0.1) is 5.41 Å². The largest absolute Gasteiger partial charge is 0.457 e. The third kappa shape index (κ3) is 5.62. The van der Waals surface area contributed by atoms with Crippen molar-refractivity contribution in [3.63, 3.8) is 0 Å². The van der Waals surface area contributed by atoms with Gasteiger partial charge in [-0.3, -0.25) is 9.59 Å². The molecule has 0 aliphatic carbocycles. The van der Waals surface area contributed by atoms with Gasteiger partial charge in [-0.25, -0.2) is 0 Å². The third-order valence-corrected chi connectivity index (χ3v) is 3.88. The van der Waals surface area contributed by atoms with Crippen LogP contribution in [0.1, 0.15) is 27.2 Å². The van der Waals surface area contributed by atoms with Gasteiger partial charge < -0.3 is 15.0 Å². The van der Waals surface area contributed by atoms with Crippen LogP contribution in [0.3, 0.4) is 0 Å². The summed E-state index contributed by atoms with van der Waals surface area (Å²) in [5.41, 5.74) is 0.321. The molecule has 2 aromatic carbocycles. The van der Waals surface area contributed by atoms with Crippen molar-refractivity contribution in [3.8, 4) is 11.5 Å². The van der Waals surface area contributed by atoms with E-state index in [1.165, 1.54) is 0 Å². The highest BCUT2D eigenvalue weighted by Gasteiger charge is 2.21. The van der Waals surface area contributed by atoms with Crippen molar-refractivity contribution >= 4 is 17.5 Å². The van der Waals surface area contributed by atoms with E-state index in [0.717, 1.165) is 11.4 Å². The highest BCUT2D eigenvalue weighted by atomic mass is 16.5. The molecule has 0 aliphatic heterocycles. The van der Waals surface area contributed by atoms with Crippen LogP contribution in [0.4, 0.5) is 5.69 Å². The van der Waals surface area contributed by atoms with Gasteiger partial charge in [-0.05, 0) is 36.4 Å². The lowest BCUT2D eigenvalue weighted by molar-refractivity contribution is -0.128. The topological polar surface area (TPSA) is 58.6 Å². The average molecular weight is 354 g/mol. The molecule has 0 radical (unpaired) electrons. The molecule has 5 nitrogen and oxygen atoms in total. The molecule has 0 spiro atoms. The minimum Gasteiger partial charge on any atom is -0.457 e. The maximum Gasteiger partial charge on any atom is 0.228 e. The number of nitrogens with zero attached hydrogens (tertiary/aromatic N) is 1. The fourth-order valence-corrected chi connectivity index (χ4v) is 2.22. The molecule has 0 aromatic heterocycles. The Balaban J connectivity index is 1.87. The van der Waals surface area contributed by atoms with E-state index < -0.39 is 5.41 Å². The number of rotatable bonds is 6. The van der Waals surface area contributed by atoms with Crippen LogP contribution >= 0.6 is 0 Å². The summed E-state index contributed by atoms with van der Waals surface area (Å²) in [5, 5.41) is 2.79. The Hall–Kier alpha value is -2.82. The second kappa shape index (κ2) is 8.52. The quantitative estimate of drug-likeness (QED) is 0.853. The maximum absolute atomic E-state index is 12.3. The predicted molar refractivity (Wildman–Crippen MR) is 103 cm³/mol. The minimum atomic E-state index is -0.455. The molecule has 0 aliphatic rings. The lowest BCUT2D eigenvalue weighted by Gasteiger charge is -2.20. The first-order chi connectivity index (χ1) is 12.3. The van der Waals surface area contributed by atoms with Crippen LogP contribution < -0.4 is 15.0 Å². The molecule has 0 saturated heterocycles. The van der Waals surface area contributed by atoms with Gasteiger partial charge in [-0.15, -0.1) is 0 Å². The van der Waals surface area contributed by atoms with E-state index in [-0.39, 0.29) is 18.2 Å². The second-order valence-electron chi connectivity index (χ2n) is 7.12. The third-order valence-electron chi connectivity index (χ3n) is 3.88. The first kappa shape index (κ1) is 19.5. The molecule has 1 N–H and O–H groups in total. The lowest BCUT2D eigenvalue weighted by Crippen LogP contribution is -2.37. The van der Waals surface area contributed by atoms with E-state index in [0.29, 0.717) is 12.3 Å². The van der Waals surface area contributed by atoms with Crippen LogP contribution in [0.2, 0.25) is 0 Å². The molecular formula is C21H26N2O3. The van der Waals surface area contributed by atoms with Crippen LogP contribution in [-0.2, 0) is 9.59 Å². The average Bonchev–Trinajstić information content (AvgIpc) is 2.61. The summed E-state index contributed by atoms with van der Waals surface area (Å²) in [6.45, 7) is 5.86. The Morgan fingerprint density at radius 3 is 2.12 bits per heavy atom. The molecular weight excluding hydrogens is 328 g/mol. The van der Waals surface area contributed by atoms with Crippen LogP contribution in [0.5, 0.6) is 11.5 Å². The minimum absolute atomic E-state index is 0.0593. The zero-order chi connectivity index (χ0) is 19.2. The Labute approximate surface area is 155 Å². The number of hydrogen-bond donors (Lipinski definition) is 1. The molecule has 2 amide bonds. The molecule has 0 unspecified atom stereocenters. The number of amides is 2. The number of para-hydroxylation sites is 1. The van der Waals surface area contributed by atoms with Crippen molar-refractivity contribution < 1.29 is 14.3 Å². The molecule has 0 atom stereocenters. The van der Waals surface area contributed by atoms with Gasteiger partial charge in [0.15, 0.2) is 0 Å². The van der Waals surface area contributed by atoms with E-state index >= 15 is 0 Å². The van der Waals surface area contributed by atoms with E-state index in [1.54, 1.807) is 11.9 Å². The molecule has 0 bridgehead atoms. The Morgan fingerprint density at radius 1 is 0.962 bits per heavy atom. The molecule has 0 fully saturated rings. The Bertz CT molecular complexity index is 734. The highest BCUT2D eigenvalue weighted by Crippen LogP contribution is 2.24. The predicted octanol–water partition coefficient (Wildman–Crippen LogP) is 3.99. The van der Waals surface area contributed by atoms with Crippen LogP contribution in [0.15, 0.2) is 54.6 Å². The van der Waals surface area contributed by atoms with Gasteiger partial charge in [0.05, 0.1) is 0 Å². The number of hydrogen-bond acceptors (Lipinski definition) is 3. The summed E-state index contributed by atoms with van der Waals surface area (Å²) in [6.07, 6.45) is 0.251. The normalized spacial score (nSPS) is 10.9. The zero-order valence-electron chi connectivity index (χ0n) is 15.8. The number of anilines is 1. The first-order valence-corrected chi connectivity index (χ1v) is 8.65. The molecule has 5 heteroatoms. The van der Waals surface area contributed by atoms with Crippen molar-refractivity contribution in [1.82, 2.24) is 5.32 Å². The van der Waals surface area contributed by atoms with E-state index in [1.807, 2.05) is 75.4 Å². The van der Waals surface area contributed by atoms with Gasteiger partial charge in [0, 0.05) is 31.1 Å². The van der Waals surface area contributed by atoms with E-state index in [4.69, 9.17) is 4.74 Å². The molecule has 138 valence electrons. The molecule has 0 heterocycles. The van der Waals surface area contributed by atoms with Crippen LogP contribution in [-0.4, -0.2) is 25.4 Å². The summed E-state index contributed by atoms with van der Waals surface area (Å²) in [6, 6.07) is 16.9.